The average molecular weight is 193 g/mol. The SMILES string of the molecule is FC(CCl)c1ccc(Cl)cc1. The number of halogens is 3. The van der Waals surface area contributed by atoms with E-state index in [0.29, 0.717) is 10.6 Å². The largest absolute Gasteiger partial charge is 0.241 e. The summed E-state index contributed by atoms with van der Waals surface area (Å²) < 4.78 is 12.8. The number of alkyl halides is 2. The Balaban J connectivity index is 2.81. The summed E-state index contributed by atoms with van der Waals surface area (Å²) in [4.78, 5) is 0. The van der Waals surface area contributed by atoms with Crippen LogP contribution in [0.5, 0.6) is 0 Å². The molecule has 0 nitrogen and oxygen atoms in total. The standard InChI is InChI=1S/C8H7Cl2F/c9-5-8(11)6-1-3-7(10)4-2-6/h1-4,8H,5H2. The summed E-state index contributed by atoms with van der Waals surface area (Å²) in [6.45, 7) is 0. The van der Waals surface area contributed by atoms with Crippen LogP contribution in [0.4, 0.5) is 4.39 Å². The van der Waals surface area contributed by atoms with Crippen LogP contribution in [0.15, 0.2) is 24.3 Å². The third kappa shape index (κ3) is 2.35. The zero-order valence-electron chi connectivity index (χ0n) is 5.73. The second-order valence-electron chi connectivity index (χ2n) is 2.17. The topological polar surface area (TPSA) is 0 Å². The molecule has 0 spiro atoms. The molecule has 0 aliphatic rings. The summed E-state index contributed by atoms with van der Waals surface area (Å²) >= 11 is 10.9. The normalized spacial score (nSPS) is 13.0. The zero-order chi connectivity index (χ0) is 8.27. The molecule has 0 aliphatic heterocycles. The molecule has 1 unspecified atom stereocenters. The highest BCUT2D eigenvalue weighted by atomic mass is 35.5. The molecule has 0 bridgehead atoms. The maximum absolute atomic E-state index is 12.8. The maximum Gasteiger partial charge on any atom is 0.139 e. The predicted molar refractivity (Wildman–Crippen MR) is 46.0 cm³/mol. The smallest absolute Gasteiger partial charge is 0.139 e. The highest BCUT2D eigenvalue weighted by molar-refractivity contribution is 6.30. The lowest BCUT2D eigenvalue weighted by molar-refractivity contribution is 0.378. The molecule has 0 aromatic heterocycles. The third-order valence-electron chi connectivity index (χ3n) is 1.37. The Bertz CT molecular complexity index is 220. The Morgan fingerprint density at radius 1 is 1.27 bits per heavy atom. The summed E-state index contributed by atoms with van der Waals surface area (Å²) in [5, 5.41) is 0.607. The van der Waals surface area contributed by atoms with Crippen LogP contribution in [0.3, 0.4) is 0 Å². The van der Waals surface area contributed by atoms with Crippen LogP contribution in [-0.4, -0.2) is 5.88 Å². The van der Waals surface area contributed by atoms with E-state index in [-0.39, 0.29) is 5.88 Å². The molecule has 1 atom stereocenters. The number of benzene rings is 1. The van der Waals surface area contributed by atoms with E-state index >= 15 is 0 Å². The van der Waals surface area contributed by atoms with Gasteiger partial charge in [0.15, 0.2) is 0 Å². The van der Waals surface area contributed by atoms with Crippen LogP contribution < -0.4 is 0 Å². The van der Waals surface area contributed by atoms with Gasteiger partial charge >= 0.3 is 0 Å². The van der Waals surface area contributed by atoms with Crippen LogP contribution in [0.25, 0.3) is 0 Å². The summed E-state index contributed by atoms with van der Waals surface area (Å²) in [6, 6.07) is 6.57. The van der Waals surface area contributed by atoms with Gasteiger partial charge < -0.3 is 0 Å². The lowest BCUT2D eigenvalue weighted by Gasteiger charge is -2.02. The van der Waals surface area contributed by atoms with E-state index in [9.17, 15) is 4.39 Å². The fourth-order valence-electron chi connectivity index (χ4n) is 0.761. The molecular formula is C8H7Cl2F. The van der Waals surface area contributed by atoms with Crippen molar-refractivity contribution in [3.05, 3.63) is 34.9 Å². The van der Waals surface area contributed by atoms with Gasteiger partial charge in [-0.1, -0.05) is 23.7 Å². The van der Waals surface area contributed by atoms with Gasteiger partial charge in [0.1, 0.15) is 6.17 Å². The van der Waals surface area contributed by atoms with Gasteiger partial charge in [0.05, 0.1) is 5.88 Å². The average Bonchev–Trinajstić information content (AvgIpc) is 2.05. The van der Waals surface area contributed by atoms with Gasteiger partial charge in [-0.05, 0) is 17.7 Å². The molecule has 0 amide bonds. The minimum absolute atomic E-state index is 0.0123. The summed E-state index contributed by atoms with van der Waals surface area (Å²) in [7, 11) is 0. The van der Waals surface area contributed by atoms with E-state index in [0.717, 1.165) is 0 Å². The van der Waals surface area contributed by atoms with E-state index in [4.69, 9.17) is 23.2 Å². The minimum Gasteiger partial charge on any atom is -0.241 e. The molecule has 0 N–H and O–H groups in total. The molecule has 0 aliphatic carbocycles. The van der Waals surface area contributed by atoms with Gasteiger partial charge in [0.25, 0.3) is 0 Å². The highest BCUT2D eigenvalue weighted by Gasteiger charge is 2.06. The number of hydrogen-bond donors (Lipinski definition) is 0. The Kier molecular flexibility index (Phi) is 3.16. The zero-order valence-corrected chi connectivity index (χ0v) is 7.24. The molecule has 1 aromatic carbocycles. The van der Waals surface area contributed by atoms with Crippen LogP contribution >= 0.6 is 23.2 Å². The second-order valence-corrected chi connectivity index (χ2v) is 2.92. The summed E-state index contributed by atoms with van der Waals surface area (Å²) in [5.74, 6) is -0.0123. The molecule has 3 heteroatoms. The van der Waals surface area contributed by atoms with Crippen molar-refractivity contribution >= 4 is 23.2 Å². The number of rotatable bonds is 2. The lowest BCUT2D eigenvalue weighted by atomic mass is 10.1. The summed E-state index contributed by atoms with van der Waals surface area (Å²) in [6.07, 6.45) is -1.09. The quantitative estimate of drug-likeness (QED) is 0.629. The minimum atomic E-state index is -1.09. The van der Waals surface area contributed by atoms with E-state index < -0.39 is 6.17 Å². The van der Waals surface area contributed by atoms with E-state index in [1.165, 1.54) is 0 Å². The Morgan fingerprint density at radius 2 is 1.82 bits per heavy atom. The first-order valence-electron chi connectivity index (χ1n) is 3.19. The molecule has 0 radical (unpaired) electrons. The van der Waals surface area contributed by atoms with Crippen molar-refractivity contribution in [2.75, 3.05) is 5.88 Å². The Labute approximate surface area is 74.9 Å². The molecule has 60 valence electrons. The Hall–Kier alpha value is -0.270. The Morgan fingerprint density at radius 3 is 2.27 bits per heavy atom. The van der Waals surface area contributed by atoms with Gasteiger partial charge in [-0.2, -0.15) is 0 Å². The monoisotopic (exact) mass is 192 g/mol. The first-order chi connectivity index (χ1) is 5.24. The van der Waals surface area contributed by atoms with Crippen LogP contribution in [-0.2, 0) is 0 Å². The van der Waals surface area contributed by atoms with Crippen molar-refractivity contribution in [3.8, 4) is 0 Å². The van der Waals surface area contributed by atoms with Crippen molar-refractivity contribution in [2.45, 2.75) is 6.17 Å². The van der Waals surface area contributed by atoms with Crippen molar-refractivity contribution in [1.82, 2.24) is 0 Å². The van der Waals surface area contributed by atoms with Crippen molar-refractivity contribution < 1.29 is 4.39 Å². The molecule has 0 saturated carbocycles. The summed E-state index contributed by atoms with van der Waals surface area (Å²) in [5.41, 5.74) is 0.574. The predicted octanol–water partition coefficient (Wildman–Crippen LogP) is 3.59. The van der Waals surface area contributed by atoms with Crippen molar-refractivity contribution in [3.63, 3.8) is 0 Å². The first-order valence-corrected chi connectivity index (χ1v) is 4.11. The van der Waals surface area contributed by atoms with Gasteiger partial charge in [-0.3, -0.25) is 0 Å². The first kappa shape index (κ1) is 8.82. The van der Waals surface area contributed by atoms with Crippen LogP contribution in [0.1, 0.15) is 11.7 Å². The molecule has 1 rings (SSSR count). The maximum atomic E-state index is 12.8. The fraction of sp³-hybridized carbons (Fsp3) is 0.250. The highest BCUT2D eigenvalue weighted by Crippen LogP contribution is 2.20. The van der Waals surface area contributed by atoms with Gasteiger partial charge in [-0.15, -0.1) is 11.6 Å². The molecule has 0 heterocycles. The van der Waals surface area contributed by atoms with Gasteiger partial charge in [0, 0.05) is 5.02 Å². The second kappa shape index (κ2) is 3.93. The van der Waals surface area contributed by atoms with Crippen LogP contribution in [0.2, 0.25) is 5.02 Å². The molecule has 0 fully saturated rings. The molecule has 0 saturated heterocycles. The number of hydrogen-bond acceptors (Lipinski definition) is 0. The van der Waals surface area contributed by atoms with E-state index in [1.54, 1.807) is 24.3 Å². The van der Waals surface area contributed by atoms with Gasteiger partial charge in [0.2, 0.25) is 0 Å². The lowest BCUT2D eigenvalue weighted by Crippen LogP contribution is -1.91. The van der Waals surface area contributed by atoms with E-state index in [2.05, 4.69) is 0 Å². The van der Waals surface area contributed by atoms with Gasteiger partial charge in [-0.25, -0.2) is 4.39 Å². The van der Waals surface area contributed by atoms with Crippen molar-refractivity contribution in [2.24, 2.45) is 0 Å². The fourth-order valence-corrected chi connectivity index (χ4v) is 1.06. The molecule has 1 aromatic rings. The van der Waals surface area contributed by atoms with E-state index in [1.807, 2.05) is 0 Å². The van der Waals surface area contributed by atoms with Crippen LogP contribution in [0, 0.1) is 0 Å². The third-order valence-corrected chi connectivity index (χ3v) is 1.89. The molecule has 11 heavy (non-hydrogen) atoms. The molecular weight excluding hydrogens is 186 g/mol. The van der Waals surface area contributed by atoms with Crippen molar-refractivity contribution in [1.29, 1.82) is 0 Å².